The first-order valence-electron chi connectivity index (χ1n) is 2.99. The lowest BCUT2D eigenvalue weighted by Gasteiger charge is -2.16. The second-order valence-corrected chi connectivity index (χ2v) is 2.48. The molecule has 0 bridgehead atoms. The van der Waals surface area contributed by atoms with Gasteiger partial charge in [0.1, 0.15) is 5.54 Å². The summed E-state index contributed by atoms with van der Waals surface area (Å²) in [6.45, 7) is 1.26. The molecule has 0 radical (unpaired) electrons. The molecular weight excluding hydrogens is 150 g/mol. The molecule has 0 aromatic rings. The number of nitrogens with two attached hydrogens (primary N) is 1. The van der Waals surface area contributed by atoms with Gasteiger partial charge in [0, 0.05) is 0 Å². The van der Waals surface area contributed by atoms with Gasteiger partial charge < -0.3 is 15.6 Å². The van der Waals surface area contributed by atoms with Crippen LogP contribution in [0.4, 0.5) is 0 Å². The molecular formula is C6H11NO4. The zero-order valence-corrected chi connectivity index (χ0v) is 6.46. The second-order valence-electron chi connectivity index (χ2n) is 2.48. The number of aliphatic carboxylic acids is 1. The predicted octanol–water partition coefficient (Wildman–Crippen LogP) is -0.648. The highest BCUT2D eigenvalue weighted by Crippen LogP contribution is 2.05. The van der Waals surface area contributed by atoms with Gasteiger partial charge in [-0.25, -0.2) is 0 Å². The maximum atomic E-state index is 10.6. The average Bonchev–Trinajstić information content (AvgIpc) is 1.86. The number of carboxylic acids is 1. The van der Waals surface area contributed by atoms with Crippen LogP contribution in [-0.4, -0.2) is 29.7 Å². The first kappa shape index (κ1) is 9.90. The third-order valence-corrected chi connectivity index (χ3v) is 1.23. The Morgan fingerprint density at radius 2 is 2.09 bits per heavy atom. The minimum atomic E-state index is -1.53. The normalized spacial score (nSPS) is 15.2. The lowest BCUT2D eigenvalue weighted by molar-refractivity contribution is -0.150. The topological polar surface area (TPSA) is 89.6 Å². The SMILES string of the molecule is COC(=O)C[C@@](C)(N)C(=O)O. The van der Waals surface area contributed by atoms with E-state index in [2.05, 4.69) is 4.74 Å². The van der Waals surface area contributed by atoms with Crippen molar-refractivity contribution in [1.82, 2.24) is 0 Å². The molecule has 0 aliphatic carbocycles. The van der Waals surface area contributed by atoms with Crippen molar-refractivity contribution >= 4 is 11.9 Å². The molecule has 0 aliphatic rings. The van der Waals surface area contributed by atoms with Crippen molar-refractivity contribution in [1.29, 1.82) is 0 Å². The molecule has 0 aliphatic heterocycles. The molecule has 0 amide bonds. The lowest BCUT2D eigenvalue weighted by Crippen LogP contribution is -2.46. The molecule has 0 saturated heterocycles. The van der Waals surface area contributed by atoms with E-state index < -0.39 is 17.5 Å². The largest absolute Gasteiger partial charge is 0.480 e. The van der Waals surface area contributed by atoms with Crippen molar-refractivity contribution in [2.24, 2.45) is 5.73 Å². The maximum absolute atomic E-state index is 10.6. The molecule has 1 atom stereocenters. The first-order valence-corrected chi connectivity index (χ1v) is 2.99. The Hall–Kier alpha value is -1.10. The van der Waals surface area contributed by atoms with Gasteiger partial charge in [0.2, 0.25) is 0 Å². The minimum Gasteiger partial charge on any atom is -0.480 e. The third kappa shape index (κ3) is 2.99. The van der Waals surface area contributed by atoms with Gasteiger partial charge in [0.15, 0.2) is 0 Å². The molecule has 0 spiro atoms. The number of carbonyl (C=O) groups excluding carboxylic acids is 1. The summed E-state index contributed by atoms with van der Waals surface area (Å²) in [5, 5.41) is 8.45. The Bertz CT molecular complexity index is 175. The summed E-state index contributed by atoms with van der Waals surface area (Å²) in [6, 6.07) is 0. The Morgan fingerprint density at radius 1 is 1.64 bits per heavy atom. The van der Waals surface area contributed by atoms with Crippen LogP contribution >= 0.6 is 0 Å². The fraction of sp³-hybridized carbons (Fsp3) is 0.667. The molecule has 0 unspecified atom stereocenters. The van der Waals surface area contributed by atoms with Gasteiger partial charge in [-0.3, -0.25) is 9.59 Å². The van der Waals surface area contributed by atoms with Crippen LogP contribution in [0.25, 0.3) is 0 Å². The maximum Gasteiger partial charge on any atom is 0.323 e. The van der Waals surface area contributed by atoms with Crippen molar-refractivity contribution < 1.29 is 19.4 Å². The molecule has 5 heteroatoms. The van der Waals surface area contributed by atoms with Crippen molar-refractivity contribution in [3.05, 3.63) is 0 Å². The molecule has 0 aromatic heterocycles. The lowest BCUT2D eigenvalue weighted by atomic mass is 10.0. The van der Waals surface area contributed by atoms with E-state index in [0.717, 1.165) is 0 Å². The van der Waals surface area contributed by atoms with E-state index in [1.54, 1.807) is 0 Å². The van der Waals surface area contributed by atoms with Crippen molar-refractivity contribution in [2.75, 3.05) is 7.11 Å². The molecule has 11 heavy (non-hydrogen) atoms. The van der Waals surface area contributed by atoms with E-state index in [9.17, 15) is 9.59 Å². The molecule has 5 nitrogen and oxygen atoms in total. The van der Waals surface area contributed by atoms with E-state index >= 15 is 0 Å². The quantitative estimate of drug-likeness (QED) is 0.537. The van der Waals surface area contributed by atoms with Crippen LogP contribution in [0.15, 0.2) is 0 Å². The van der Waals surface area contributed by atoms with Gasteiger partial charge in [-0.2, -0.15) is 0 Å². The van der Waals surface area contributed by atoms with Gasteiger partial charge in [-0.1, -0.05) is 0 Å². The smallest absolute Gasteiger partial charge is 0.323 e. The van der Waals surface area contributed by atoms with Gasteiger partial charge in [-0.15, -0.1) is 0 Å². The van der Waals surface area contributed by atoms with Crippen LogP contribution in [-0.2, 0) is 14.3 Å². The summed E-state index contributed by atoms with van der Waals surface area (Å²) in [7, 11) is 1.18. The van der Waals surface area contributed by atoms with Gasteiger partial charge in [-0.05, 0) is 6.92 Å². The molecule has 0 aromatic carbocycles. The summed E-state index contributed by atoms with van der Waals surface area (Å²) < 4.78 is 4.25. The van der Waals surface area contributed by atoms with Crippen LogP contribution in [0.2, 0.25) is 0 Å². The minimum absolute atomic E-state index is 0.321. The fourth-order valence-electron chi connectivity index (χ4n) is 0.448. The van der Waals surface area contributed by atoms with E-state index in [1.165, 1.54) is 14.0 Å². The molecule has 64 valence electrons. The highest BCUT2D eigenvalue weighted by atomic mass is 16.5. The Labute approximate surface area is 64.1 Å². The fourth-order valence-corrected chi connectivity index (χ4v) is 0.448. The summed E-state index contributed by atoms with van der Waals surface area (Å²) in [6.07, 6.45) is -0.321. The zero-order valence-electron chi connectivity index (χ0n) is 6.46. The van der Waals surface area contributed by atoms with Gasteiger partial charge in [0.25, 0.3) is 0 Å². The van der Waals surface area contributed by atoms with Crippen molar-refractivity contribution in [3.8, 4) is 0 Å². The monoisotopic (exact) mass is 161 g/mol. The van der Waals surface area contributed by atoms with Crippen LogP contribution in [0, 0.1) is 0 Å². The van der Waals surface area contributed by atoms with E-state index in [0.29, 0.717) is 0 Å². The van der Waals surface area contributed by atoms with Gasteiger partial charge in [0.05, 0.1) is 13.5 Å². The van der Waals surface area contributed by atoms with Crippen molar-refractivity contribution in [3.63, 3.8) is 0 Å². The Kier molecular flexibility index (Phi) is 3.00. The third-order valence-electron chi connectivity index (χ3n) is 1.23. The van der Waals surface area contributed by atoms with Crippen LogP contribution in [0.3, 0.4) is 0 Å². The predicted molar refractivity (Wildman–Crippen MR) is 36.9 cm³/mol. The number of methoxy groups -OCH3 is 1. The number of hydrogen-bond acceptors (Lipinski definition) is 4. The van der Waals surface area contributed by atoms with Crippen LogP contribution in [0.1, 0.15) is 13.3 Å². The highest BCUT2D eigenvalue weighted by Gasteiger charge is 2.31. The standard InChI is InChI=1S/C6H11NO4/c1-6(7,5(9)10)3-4(8)11-2/h3,7H2,1-2H3,(H,9,10)/t6-/m1/s1. The average molecular weight is 161 g/mol. The molecule has 0 fully saturated rings. The van der Waals surface area contributed by atoms with Gasteiger partial charge >= 0.3 is 11.9 Å². The highest BCUT2D eigenvalue weighted by molar-refractivity contribution is 5.84. The van der Waals surface area contributed by atoms with E-state index in [-0.39, 0.29) is 6.42 Å². The Morgan fingerprint density at radius 3 is 2.36 bits per heavy atom. The second kappa shape index (κ2) is 3.34. The number of ether oxygens (including phenoxy) is 1. The zero-order chi connectivity index (χ0) is 9.07. The number of carboxylic acid groups (broad SMARTS) is 1. The molecule has 0 saturated carbocycles. The summed E-state index contributed by atoms with van der Waals surface area (Å²) in [5.41, 5.74) is 3.70. The summed E-state index contributed by atoms with van der Waals surface area (Å²) >= 11 is 0. The van der Waals surface area contributed by atoms with E-state index in [1.807, 2.05) is 0 Å². The summed E-state index contributed by atoms with van der Waals surface area (Å²) in [5.74, 6) is -1.85. The Balaban J connectivity index is 4.12. The first-order chi connectivity index (χ1) is 4.90. The molecule has 3 N–H and O–H groups in total. The number of carbonyl (C=O) groups is 2. The number of hydrogen-bond donors (Lipinski definition) is 2. The van der Waals surface area contributed by atoms with E-state index in [4.69, 9.17) is 10.8 Å². The van der Waals surface area contributed by atoms with Crippen LogP contribution < -0.4 is 5.73 Å². The number of esters is 1. The van der Waals surface area contributed by atoms with Crippen molar-refractivity contribution in [2.45, 2.75) is 18.9 Å². The molecule has 0 heterocycles. The van der Waals surface area contributed by atoms with Crippen LogP contribution in [0.5, 0.6) is 0 Å². The number of rotatable bonds is 3. The molecule has 0 rings (SSSR count). The summed E-state index contributed by atoms with van der Waals surface area (Å²) in [4.78, 5) is 20.9.